The Kier molecular flexibility index (Phi) is 5.51. The lowest BCUT2D eigenvalue weighted by molar-refractivity contribution is -0.143. The third kappa shape index (κ3) is 4.29. The molecule has 0 spiro atoms. The number of hydrogen-bond acceptors (Lipinski definition) is 6. The second kappa shape index (κ2) is 8.62. The van der Waals surface area contributed by atoms with Gasteiger partial charge in [-0.1, -0.05) is 12.1 Å². The minimum atomic E-state index is -0.665. The number of fused-ring (bicyclic) bond motifs is 2. The van der Waals surface area contributed by atoms with Gasteiger partial charge in [-0.05, 0) is 37.3 Å². The molecule has 3 heterocycles. The van der Waals surface area contributed by atoms with E-state index >= 15 is 0 Å². The normalized spacial score (nSPS) is 19.3. The summed E-state index contributed by atoms with van der Waals surface area (Å²) in [6.07, 6.45) is -0.665. The molecule has 3 aromatic rings. The number of benzene rings is 2. The number of piperazine rings is 1. The highest BCUT2D eigenvalue weighted by Gasteiger charge is 2.34. The van der Waals surface area contributed by atoms with Crippen molar-refractivity contribution in [2.75, 3.05) is 38.1 Å². The fourth-order valence-electron chi connectivity index (χ4n) is 4.20. The van der Waals surface area contributed by atoms with Gasteiger partial charge in [-0.15, -0.1) is 0 Å². The maximum absolute atomic E-state index is 12.9. The molecule has 1 saturated heterocycles. The van der Waals surface area contributed by atoms with Crippen molar-refractivity contribution in [1.29, 1.82) is 0 Å². The number of anilines is 1. The van der Waals surface area contributed by atoms with Gasteiger partial charge in [0.25, 0.3) is 5.91 Å². The van der Waals surface area contributed by atoms with Crippen LogP contribution in [0.1, 0.15) is 6.92 Å². The molecule has 3 N–H and O–H groups in total. The Labute approximate surface area is 189 Å². The van der Waals surface area contributed by atoms with E-state index in [1.54, 1.807) is 29.2 Å². The highest BCUT2D eigenvalue weighted by atomic mass is 16.6. The smallest absolute Gasteiger partial charge is 0.323 e. The zero-order chi connectivity index (χ0) is 22.9. The van der Waals surface area contributed by atoms with Crippen LogP contribution in [0.15, 0.2) is 47.3 Å². The van der Waals surface area contributed by atoms with Crippen molar-refractivity contribution in [2.24, 2.45) is 0 Å². The Morgan fingerprint density at radius 3 is 2.55 bits per heavy atom. The minimum Gasteiger partial charge on any atom is -0.485 e. The summed E-state index contributed by atoms with van der Waals surface area (Å²) in [4.78, 5) is 46.3. The van der Waals surface area contributed by atoms with Crippen LogP contribution >= 0.6 is 0 Å². The monoisotopic (exact) mass is 451 g/mol. The van der Waals surface area contributed by atoms with Crippen LogP contribution in [0.25, 0.3) is 11.0 Å². The maximum Gasteiger partial charge on any atom is 0.323 e. The summed E-state index contributed by atoms with van der Waals surface area (Å²) < 4.78 is 11.5. The van der Waals surface area contributed by atoms with Crippen molar-refractivity contribution in [3.8, 4) is 11.5 Å². The van der Waals surface area contributed by atoms with E-state index in [4.69, 9.17) is 9.47 Å². The largest absolute Gasteiger partial charge is 0.485 e. The van der Waals surface area contributed by atoms with Gasteiger partial charge < -0.3 is 29.7 Å². The predicted molar refractivity (Wildman–Crippen MR) is 122 cm³/mol. The van der Waals surface area contributed by atoms with Crippen LogP contribution in [-0.4, -0.2) is 76.5 Å². The highest BCUT2D eigenvalue weighted by Crippen LogP contribution is 2.31. The fraction of sp³-hybridized carbons (Fsp3) is 0.348. The SMILES string of the molecule is CC(C(=O)Nc1ccc2[nH]c(=O)[nH]c2c1)N1CCN(C(=O)C2COc3ccccc3O2)CC1. The van der Waals surface area contributed by atoms with Gasteiger partial charge in [-0.25, -0.2) is 4.79 Å². The van der Waals surface area contributed by atoms with Gasteiger partial charge in [-0.3, -0.25) is 14.5 Å². The van der Waals surface area contributed by atoms with Crippen LogP contribution in [0.3, 0.4) is 0 Å². The molecule has 1 fully saturated rings. The lowest BCUT2D eigenvalue weighted by atomic mass is 10.2. The lowest BCUT2D eigenvalue weighted by Gasteiger charge is -2.39. The number of aromatic nitrogens is 2. The topological polar surface area (TPSA) is 120 Å². The molecule has 1 aromatic heterocycles. The molecule has 2 atom stereocenters. The quantitative estimate of drug-likeness (QED) is 0.548. The van der Waals surface area contributed by atoms with E-state index in [-0.39, 0.29) is 30.2 Å². The van der Waals surface area contributed by atoms with Gasteiger partial charge in [0, 0.05) is 31.9 Å². The summed E-state index contributed by atoms with van der Waals surface area (Å²) in [6.45, 7) is 4.20. The van der Waals surface area contributed by atoms with E-state index in [0.29, 0.717) is 54.4 Å². The number of ether oxygens (including phenoxy) is 2. The Hall–Kier alpha value is -3.79. The van der Waals surface area contributed by atoms with E-state index in [1.165, 1.54) is 0 Å². The number of carbonyl (C=O) groups excluding carboxylic acids is 2. The molecule has 2 aliphatic rings. The number of para-hydroxylation sites is 2. The zero-order valence-corrected chi connectivity index (χ0v) is 18.2. The van der Waals surface area contributed by atoms with Gasteiger partial charge in [0.1, 0.15) is 6.61 Å². The van der Waals surface area contributed by atoms with E-state index in [1.807, 2.05) is 30.0 Å². The first-order valence-corrected chi connectivity index (χ1v) is 10.9. The molecule has 0 saturated carbocycles. The number of nitrogens with zero attached hydrogens (tertiary/aromatic N) is 2. The lowest BCUT2D eigenvalue weighted by Crippen LogP contribution is -2.57. The van der Waals surface area contributed by atoms with Crippen LogP contribution in [0.2, 0.25) is 0 Å². The standard InChI is InChI=1S/C23H25N5O5/c1-14(21(29)24-15-6-7-16-17(12-15)26-23(31)25-16)27-8-10-28(11-9-27)22(30)20-13-32-18-4-2-3-5-19(18)33-20/h2-7,12,14,20H,8-11,13H2,1H3,(H,24,29)(H2,25,26,31). The van der Waals surface area contributed by atoms with Crippen molar-refractivity contribution in [3.05, 3.63) is 52.9 Å². The Balaban J connectivity index is 1.15. The summed E-state index contributed by atoms with van der Waals surface area (Å²) in [6, 6.07) is 12.2. The predicted octanol–water partition coefficient (Wildman–Crippen LogP) is 1.17. The number of aromatic amines is 2. The van der Waals surface area contributed by atoms with Crippen LogP contribution in [-0.2, 0) is 9.59 Å². The first-order valence-electron chi connectivity index (χ1n) is 10.9. The number of amides is 2. The van der Waals surface area contributed by atoms with E-state index < -0.39 is 6.10 Å². The second-order valence-corrected chi connectivity index (χ2v) is 8.23. The number of imidazole rings is 1. The van der Waals surface area contributed by atoms with Crippen molar-refractivity contribution >= 4 is 28.5 Å². The van der Waals surface area contributed by atoms with Crippen LogP contribution in [0.4, 0.5) is 5.69 Å². The summed E-state index contributed by atoms with van der Waals surface area (Å²) in [5.74, 6) is 0.976. The first kappa shape index (κ1) is 21.1. The molecule has 0 radical (unpaired) electrons. The zero-order valence-electron chi connectivity index (χ0n) is 18.2. The van der Waals surface area contributed by atoms with E-state index in [9.17, 15) is 14.4 Å². The Morgan fingerprint density at radius 1 is 1.03 bits per heavy atom. The molecular formula is C23H25N5O5. The Bertz CT molecular complexity index is 1240. The molecule has 0 bridgehead atoms. The molecule has 2 aliphatic heterocycles. The van der Waals surface area contributed by atoms with E-state index in [2.05, 4.69) is 15.3 Å². The molecule has 172 valence electrons. The van der Waals surface area contributed by atoms with Gasteiger partial charge in [0.2, 0.25) is 12.0 Å². The number of rotatable bonds is 4. The molecule has 33 heavy (non-hydrogen) atoms. The first-order chi connectivity index (χ1) is 16.0. The summed E-state index contributed by atoms with van der Waals surface area (Å²) >= 11 is 0. The molecule has 10 nitrogen and oxygen atoms in total. The second-order valence-electron chi connectivity index (χ2n) is 8.23. The minimum absolute atomic E-state index is 0.102. The third-order valence-electron chi connectivity index (χ3n) is 6.12. The van der Waals surface area contributed by atoms with Gasteiger partial charge in [-0.2, -0.15) is 0 Å². The van der Waals surface area contributed by atoms with Crippen molar-refractivity contribution in [2.45, 2.75) is 19.1 Å². The fourth-order valence-corrected chi connectivity index (χ4v) is 4.20. The van der Waals surface area contributed by atoms with Crippen molar-refractivity contribution in [1.82, 2.24) is 19.8 Å². The maximum atomic E-state index is 12.9. The molecule has 2 amide bonds. The highest BCUT2D eigenvalue weighted by molar-refractivity contribution is 5.96. The van der Waals surface area contributed by atoms with Gasteiger partial charge >= 0.3 is 5.69 Å². The molecule has 2 aromatic carbocycles. The van der Waals surface area contributed by atoms with Crippen molar-refractivity contribution in [3.63, 3.8) is 0 Å². The van der Waals surface area contributed by atoms with E-state index in [0.717, 1.165) is 0 Å². The average molecular weight is 451 g/mol. The van der Waals surface area contributed by atoms with Crippen LogP contribution in [0, 0.1) is 0 Å². The van der Waals surface area contributed by atoms with Crippen LogP contribution in [0.5, 0.6) is 11.5 Å². The Morgan fingerprint density at radius 2 is 1.76 bits per heavy atom. The number of hydrogen-bond donors (Lipinski definition) is 3. The number of carbonyl (C=O) groups is 2. The molecular weight excluding hydrogens is 426 g/mol. The van der Waals surface area contributed by atoms with Gasteiger partial charge in [0.05, 0.1) is 17.1 Å². The van der Waals surface area contributed by atoms with Crippen LogP contribution < -0.4 is 20.5 Å². The summed E-state index contributed by atoms with van der Waals surface area (Å²) in [7, 11) is 0. The summed E-state index contributed by atoms with van der Waals surface area (Å²) in [5, 5.41) is 2.90. The molecule has 2 unspecified atom stereocenters. The third-order valence-corrected chi connectivity index (χ3v) is 6.12. The summed E-state index contributed by atoms with van der Waals surface area (Å²) in [5.41, 5.74) is 1.64. The number of H-pyrrole nitrogens is 2. The van der Waals surface area contributed by atoms with Gasteiger partial charge in [0.15, 0.2) is 11.5 Å². The molecule has 5 rings (SSSR count). The average Bonchev–Trinajstić information content (AvgIpc) is 3.22. The number of nitrogens with one attached hydrogen (secondary N) is 3. The molecule has 10 heteroatoms. The van der Waals surface area contributed by atoms with Crippen molar-refractivity contribution < 1.29 is 19.1 Å². The molecule has 0 aliphatic carbocycles.